The number of hydrogen-bond donors (Lipinski definition) is 2. The van der Waals surface area contributed by atoms with E-state index in [9.17, 15) is 31.7 Å². The third kappa shape index (κ3) is 5.70. The summed E-state index contributed by atoms with van der Waals surface area (Å²) in [4.78, 5) is 9.95. The number of alkyl halides is 3. The van der Waals surface area contributed by atoms with Gasteiger partial charge in [-0.1, -0.05) is 35.9 Å². The van der Waals surface area contributed by atoms with Gasteiger partial charge in [-0.2, -0.15) is 18.3 Å². The molecule has 2 N–H and O–H groups in total. The van der Waals surface area contributed by atoms with Gasteiger partial charge in [-0.25, -0.2) is 8.42 Å². The second-order valence-electron chi connectivity index (χ2n) is 7.32. The van der Waals surface area contributed by atoms with Crippen molar-refractivity contribution in [3.05, 3.63) is 93.0 Å². The van der Waals surface area contributed by atoms with Crippen LogP contribution in [0.1, 0.15) is 22.3 Å². The fraction of sp³-hybridized carbons (Fsp3) is 0.136. The molecular weight excluding hydrogens is 473 g/mol. The van der Waals surface area contributed by atoms with Gasteiger partial charge >= 0.3 is 6.18 Å². The molecule has 0 aliphatic carbocycles. The summed E-state index contributed by atoms with van der Waals surface area (Å²) < 4.78 is 68.1. The molecule has 0 atom stereocenters. The van der Waals surface area contributed by atoms with Gasteiger partial charge in [-0.05, 0) is 37.6 Å². The van der Waals surface area contributed by atoms with E-state index in [0.717, 1.165) is 36.0 Å². The molecule has 0 heterocycles. The molecule has 0 bridgehead atoms. The van der Waals surface area contributed by atoms with Crippen LogP contribution in [0.3, 0.4) is 0 Å². The molecular formula is C22H19F3N4O4S. The van der Waals surface area contributed by atoms with Crippen LogP contribution in [-0.2, 0) is 16.2 Å². The second-order valence-corrected chi connectivity index (χ2v) is 8.97. The average molecular weight is 492 g/mol. The first kappa shape index (κ1) is 24.7. The van der Waals surface area contributed by atoms with Gasteiger partial charge in [0, 0.05) is 17.7 Å². The molecule has 178 valence electrons. The average Bonchev–Trinajstić information content (AvgIpc) is 2.75. The zero-order chi connectivity index (χ0) is 25.1. The number of hydrazone groups is 1. The Bertz CT molecular complexity index is 1370. The van der Waals surface area contributed by atoms with Crippen molar-refractivity contribution in [2.45, 2.75) is 24.9 Å². The van der Waals surface area contributed by atoms with Crippen LogP contribution in [0.25, 0.3) is 0 Å². The van der Waals surface area contributed by atoms with Crippen LogP contribution >= 0.6 is 0 Å². The van der Waals surface area contributed by atoms with Crippen molar-refractivity contribution in [1.29, 1.82) is 0 Å². The number of sulfonamides is 1. The Morgan fingerprint density at radius 1 is 1.00 bits per heavy atom. The maximum absolute atomic E-state index is 13.2. The van der Waals surface area contributed by atoms with Crippen molar-refractivity contribution in [2.75, 3.05) is 10.1 Å². The van der Waals surface area contributed by atoms with E-state index in [1.165, 1.54) is 18.2 Å². The fourth-order valence-corrected chi connectivity index (χ4v) is 4.41. The Balaban J connectivity index is 1.98. The summed E-state index contributed by atoms with van der Waals surface area (Å²) in [6.45, 7) is 3.53. The van der Waals surface area contributed by atoms with E-state index in [2.05, 4.69) is 15.2 Å². The topological polar surface area (TPSA) is 114 Å². The second kappa shape index (κ2) is 9.51. The molecule has 0 aliphatic heterocycles. The minimum absolute atomic E-state index is 0.163. The Hall–Kier alpha value is -3.93. The van der Waals surface area contributed by atoms with E-state index in [4.69, 9.17) is 0 Å². The SMILES string of the molecule is Cc1ccc(NS(=O)(=O)c2cc([N+](=O)[O-])ccc2N/N=C\c2ccccc2C(F)(F)F)c(C)c1. The lowest BCUT2D eigenvalue weighted by molar-refractivity contribution is -0.385. The molecule has 0 fully saturated rings. The number of rotatable bonds is 7. The normalized spacial score (nSPS) is 12.0. The van der Waals surface area contributed by atoms with Crippen molar-refractivity contribution >= 4 is 33.3 Å². The van der Waals surface area contributed by atoms with Gasteiger partial charge in [0.05, 0.1) is 28.1 Å². The first-order chi connectivity index (χ1) is 15.9. The summed E-state index contributed by atoms with van der Waals surface area (Å²) in [6, 6.07) is 12.7. The number of hydrogen-bond acceptors (Lipinski definition) is 6. The zero-order valence-electron chi connectivity index (χ0n) is 17.9. The summed E-state index contributed by atoms with van der Waals surface area (Å²) in [6.07, 6.45) is -3.72. The Kier molecular flexibility index (Phi) is 6.91. The molecule has 0 spiro atoms. The predicted octanol–water partition coefficient (Wildman–Crippen LogP) is 5.48. The standard InChI is InChI=1S/C22H19F3N4O4S/c1-14-7-9-19(15(2)11-14)28-34(32,33)21-12-17(29(30)31)8-10-20(21)27-26-13-16-5-3-4-6-18(16)22(23,24)25/h3-13,27-28H,1-2H3/b26-13-. The summed E-state index contributed by atoms with van der Waals surface area (Å²) in [7, 11) is -4.33. The number of nitro benzene ring substituents is 1. The summed E-state index contributed by atoms with van der Waals surface area (Å²) in [5.74, 6) is 0. The smallest absolute Gasteiger partial charge is 0.279 e. The Labute approximate surface area is 193 Å². The predicted molar refractivity (Wildman–Crippen MR) is 122 cm³/mol. The minimum atomic E-state index is -4.61. The van der Waals surface area contributed by atoms with Gasteiger partial charge in [-0.15, -0.1) is 0 Å². The number of anilines is 2. The first-order valence-corrected chi connectivity index (χ1v) is 11.2. The van der Waals surface area contributed by atoms with Crippen molar-refractivity contribution < 1.29 is 26.5 Å². The van der Waals surface area contributed by atoms with Gasteiger partial charge in [-0.3, -0.25) is 20.3 Å². The highest BCUT2D eigenvalue weighted by molar-refractivity contribution is 7.92. The molecule has 0 unspecified atom stereocenters. The van der Waals surface area contributed by atoms with Gasteiger partial charge < -0.3 is 0 Å². The van der Waals surface area contributed by atoms with E-state index >= 15 is 0 Å². The molecule has 3 rings (SSSR count). The summed E-state index contributed by atoms with van der Waals surface area (Å²) >= 11 is 0. The largest absolute Gasteiger partial charge is 0.417 e. The highest BCUT2D eigenvalue weighted by atomic mass is 32.2. The number of halogens is 3. The van der Waals surface area contributed by atoms with Crippen LogP contribution in [0.15, 0.2) is 70.7 Å². The molecule has 0 radical (unpaired) electrons. The number of nitrogens with zero attached hydrogens (tertiary/aromatic N) is 2. The van der Waals surface area contributed by atoms with E-state index in [0.29, 0.717) is 5.56 Å². The van der Waals surface area contributed by atoms with Crippen molar-refractivity contribution in [3.8, 4) is 0 Å². The van der Waals surface area contributed by atoms with Crippen LogP contribution in [0.4, 0.5) is 30.2 Å². The number of nitrogens with one attached hydrogen (secondary N) is 2. The maximum atomic E-state index is 13.2. The monoisotopic (exact) mass is 492 g/mol. The Morgan fingerprint density at radius 3 is 2.32 bits per heavy atom. The molecule has 0 saturated heterocycles. The molecule has 8 nitrogen and oxygen atoms in total. The molecule has 3 aromatic rings. The maximum Gasteiger partial charge on any atom is 0.417 e. The molecule has 12 heteroatoms. The van der Waals surface area contributed by atoms with Gasteiger partial charge in [0.2, 0.25) is 0 Å². The third-order valence-corrected chi connectivity index (χ3v) is 6.15. The third-order valence-electron chi connectivity index (χ3n) is 4.75. The van der Waals surface area contributed by atoms with E-state index < -0.39 is 37.3 Å². The highest BCUT2D eigenvalue weighted by Gasteiger charge is 2.32. The van der Waals surface area contributed by atoms with Crippen LogP contribution in [0.2, 0.25) is 0 Å². The van der Waals surface area contributed by atoms with Crippen molar-refractivity contribution in [2.24, 2.45) is 5.10 Å². The van der Waals surface area contributed by atoms with Crippen molar-refractivity contribution in [1.82, 2.24) is 0 Å². The minimum Gasteiger partial charge on any atom is -0.279 e. The summed E-state index contributed by atoms with van der Waals surface area (Å²) in [5.41, 5.74) is 2.37. The quantitative estimate of drug-likeness (QED) is 0.258. The molecule has 0 aromatic heterocycles. The Morgan fingerprint density at radius 2 is 1.68 bits per heavy atom. The van der Waals surface area contributed by atoms with E-state index in [1.807, 2.05) is 6.92 Å². The fourth-order valence-electron chi connectivity index (χ4n) is 3.11. The first-order valence-electron chi connectivity index (χ1n) is 9.72. The zero-order valence-corrected chi connectivity index (χ0v) is 18.7. The molecule has 0 amide bonds. The van der Waals surface area contributed by atoms with Gasteiger partial charge in [0.25, 0.3) is 15.7 Å². The molecule has 34 heavy (non-hydrogen) atoms. The van der Waals surface area contributed by atoms with E-state index in [-0.39, 0.29) is 16.9 Å². The molecule has 0 aliphatic rings. The van der Waals surface area contributed by atoms with Crippen LogP contribution < -0.4 is 10.1 Å². The van der Waals surface area contributed by atoms with Crippen LogP contribution in [0.5, 0.6) is 0 Å². The number of nitro groups is 1. The summed E-state index contributed by atoms with van der Waals surface area (Å²) in [5, 5.41) is 14.9. The van der Waals surface area contributed by atoms with E-state index in [1.54, 1.807) is 25.1 Å². The molecule has 0 saturated carbocycles. The lowest BCUT2D eigenvalue weighted by atomic mass is 10.1. The highest BCUT2D eigenvalue weighted by Crippen LogP contribution is 2.32. The van der Waals surface area contributed by atoms with Gasteiger partial charge in [0.1, 0.15) is 4.90 Å². The lowest BCUT2D eigenvalue weighted by Crippen LogP contribution is -2.16. The lowest BCUT2D eigenvalue weighted by Gasteiger charge is -2.14. The number of aryl methyl sites for hydroxylation is 2. The number of benzene rings is 3. The number of non-ortho nitro benzene ring substituents is 1. The van der Waals surface area contributed by atoms with Gasteiger partial charge in [0.15, 0.2) is 0 Å². The van der Waals surface area contributed by atoms with Crippen LogP contribution in [-0.4, -0.2) is 19.6 Å². The molecule has 3 aromatic carbocycles. The van der Waals surface area contributed by atoms with Crippen molar-refractivity contribution in [3.63, 3.8) is 0 Å². The van der Waals surface area contributed by atoms with Crippen LogP contribution in [0, 0.1) is 24.0 Å².